The molecule has 2 aliphatic heterocycles. The fourth-order valence-corrected chi connectivity index (χ4v) is 4.15. The molecule has 4 nitrogen and oxygen atoms in total. The zero-order chi connectivity index (χ0) is 17.7. The van der Waals surface area contributed by atoms with Gasteiger partial charge in [0.05, 0.1) is 24.3 Å². The molecule has 0 unspecified atom stereocenters. The van der Waals surface area contributed by atoms with Gasteiger partial charge in [-0.1, -0.05) is 12.1 Å². The van der Waals surface area contributed by atoms with Gasteiger partial charge in [0, 0.05) is 48.3 Å². The minimum absolute atomic E-state index is 0.0309. The summed E-state index contributed by atoms with van der Waals surface area (Å²) in [5.74, 6) is 0.181. The van der Waals surface area contributed by atoms with Crippen LogP contribution in [0.3, 0.4) is 0 Å². The fraction of sp³-hybridized carbons (Fsp3) is 0.500. The third-order valence-corrected chi connectivity index (χ3v) is 5.58. The van der Waals surface area contributed by atoms with Crippen molar-refractivity contribution in [3.8, 4) is 0 Å². The van der Waals surface area contributed by atoms with E-state index >= 15 is 0 Å². The number of hydrogen-bond acceptors (Lipinski definition) is 4. The van der Waals surface area contributed by atoms with Crippen LogP contribution in [0.2, 0.25) is 0 Å². The van der Waals surface area contributed by atoms with Crippen LogP contribution in [0.25, 0.3) is 10.9 Å². The van der Waals surface area contributed by atoms with Gasteiger partial charge in [-0.15, -0.1) is 0 Å². The van der Waals surface area contributed by atoms with Gasteiger partial charge in [-0.2, -0.15) is 13.2 Å². The summed E-state index contributed by atoms with van der Waals surface area (Å²) in [7, 11) is 0. The van der Waals surface area contributed by atoms with Crippen LogP contribution in [-0.4, -0.2) is 43.0 Å². The van der Waals surface area contributed by atoms with E-state index in [0.29, 0.717) is 31.7 Å². The molecular formula is C18H19F3N2O2. The second-order valence-corrected chi connectivity index (χ2v) is 6.95. The summed E-state index contributed by atoms with van der Waals surface area (Å²) in [5.41, 5.74) is -0.256. The quantitative estimate of drug-likeness (QED) is 0.902. The van der Waals surface area contributed by atoms with Crippen molar-refractivity contribution in [3.05, 3.63) is 36.0 Å². The van der Waals surface area contributed by atoms with E-state index in [0.717, 1.165) is 18.2 Å². The molecule has 2 fully saturated rings. The Balaban J connectivity index is 1.78. The van der Waals surface area contributed by atoms with Crippen LogP contribution in [0.15, 0.2) is 30.5 Å². The smallest absolute Gasteiger partial charge is 0.396 e. The standard InChI is InChI=1S/C18H19F3N2O2/c19-18(20,21)14-3-1-2-13-15(4-6-22-16(13)14)23-8-12-9-25-7-5-17(12,10-23)11-24/h1-4,6,12,24H,5,7-11H2/t12-,17-/m1/s1. The number of fused-ring (bicyclic) bond motifs is 2. The van der Waals surface area contributed by atoms with Gasteiger partial charge in [-0.05, 0) is 18.6 Å². The maximum Gasteiger partial charge on any atom is 0.418 e. The summed E-state index contributed by atoms with van der Waals surface area (Å²) in [6.07, 6.45) is -2.25. The molecule has 0 saturated carbocycles. The predicted octanol–water partition coefficient (Wildman–Crippen LogP) is 3.09. The first-order valence-electron chi connectivity index (χ1n) is 8.33. The Kier molecular flexibility index (Phi) is 3.88. The third-order valence-electron chi connectivity index (χ3n) is 5.58. The number of hydrogen-bond donors (Lipinski definition) is 1. The number of halogens is 3. The number of benzene rings is 1. The average molecular weight is 352 g/mol. The number of aliphatic hydroxyl groups excluding tert-OH is 1. The van der Waals surface area contributed by atoms with E-state index in [4.69, 9.17) is 4.74 Å². The molecule has 0 radical (unpaired) electrons. The second kappa shape index (κ2) is 5.85. The molecule has 1 aromatic carbocycles. The summed E-state index contributed by atoms with van der Waals surface area (Å²) in [6.45, 7) is 2.53. The Morgan fingerprint density at radius 3 is 2.88 bits per heavy atom. The molecule has 2 atom stereocenters. The second-order valence-electron chi connectivity index (χ2n) is 6.95. The number of aromatic nitrogens is 1. The molecule has 2 aliphatic rings. The van der Waals surface area contributed by atoms with Gasteiger partial charge >= 0.3 is 6.18 Å². The number of aliphatic hydroxyl groups is 1. The molecule has 2 saturated heterocycles. The maximum atomic E-state index is 13.3. The summed E-state index contributed by atoms with van der Waals surface area (Å²) < 4.78 is 45.4. The number of para-hydroxylation sites is 1. The first-order valence-corrected chi connectivity index (χ1v) is 8.33. The molecule has 7 heteroatoms. The van der Waals surface area contributed by atoms with Crippen molar-refractivity contribution < 1.29 is 23.0 Å². The lowest BCUT2D eigenvalue weighted by atomic mass is 9.75. The minimum Gasteiger partial charge on any atom is -0.396 e. The molecular weight excluding hydrogens is 333 g/mol. The molecule has 1 N–H and O–H groups in total. The lowest BCUT2D eigenvalue weighted by Crippen LogP contribution is -2.41. The van der Waals surface area contributed by atoms with Gasteiger partial charge in [-0.3, -0.25) is 4.98 Å². The van der Waals surface area contributed by atoms with Gasteiger partial charge in [0.2, 0.25) is 0 Å². The molecule has 3 heterocycles. The Bertz CT molecular complexity index is 795. The van der Waals surface area contributed by atoms with Crippen LogP contribution in [0.4, 0.5) is 18.9 Å². The van der Waals surface area contributed by atoms with Crippen molar-refractivity contribution in [2.24, 2.45) is 11.3 Å². The van der Waals surface area contributed by atoms with Crippen molar-refractivity contribution in [3.63, 3.8) is 0 Å². The summed E-state index contributed by atoms with van der Waals surface area (Å²) in [5, 5.41) is 10.4. The Labute approximate surface area is 143 Å². The van der Waals surface area contributed by atoms with E-state index in [1.165, 1.54) is 12.3 Å². The molecule has 0 amide bonds. The molecule has 4 rings (SSSR count). The highest BCUT2D eigenvalue weighted by Crippen LogP contribution is 2.45. The summed E-state index contributed by atoms with van der Waals surface area (Å²) >= 11 is 0. The average Bonchev–Trinajstić information content (AvgIpc) is 3.00. The molecule has 1 aromatic heterocycles. The number of nitrogens with zero attached hydrogens (tertiary/aromatic N) is 2. The zero-order valence-corrected chi connectivity index (χ0v) is 13.6. The van der Waals surface area contributed by atoms with E-state index in [1.807, 2.05) is 0 Å². The number of anilines is 1. The molecule has 2 aromatic rings. The van der Waals surface area contributed by atoms with Gasteiger partial charge in [0.15, 0.2) is 0 Å². The van der Waals surface area contributed by atoms with Gasteiger partial charge in [-0.25, -0.2) is 0 Å². The number of ether oxygens (including phenoxy) is 1. The number of alkyl halides is 3. The fourth-order valence-electron chi connectivity index (χ4n) is 4.15. The SMILES string of the molecule is OC[C@]12CCOC[C@H]1CN(c1ccnc3c(C(F)(F)F)cccc13)C2. The van der Waals surface area contributed by atoms with E-state index in [2.05, 4.69) is 9.88 Å². The van der Waals surface area contributed by atoms with Crippen LogP contribution in [0.1, 0.15) is 12.0 Å². The largest absolute Gasteiger partial charge is 0.418 e. The molecule has 25 heavy (non-hydrogen) atoms. The third kappa shape index (κ3) is 2.66. The topological polar surface area (TPSA) is 45.6 Å². The lowest BCUT2D eigenvalue weighted by Gasteiger charge is -2.36. The Morgan fingerprint density at radius 1 is 1.32 bits per heavy atom. The monoisotopic (exact) mass is 352 g/mol. The van der Waals surface area contributed by atoms with Crippen molar-refractivity contribution in [1.29, 1.82) is 0 Å². The highest BCUT2D eigenvalue weighted by atomic mass is 19.4. The Morgan fingerprint density at radius 2 is 2.16 bits per heavy atom. The molecule has 134 valence electrons. The van der Waals surface area contributed by atoms with Gasteiger partial charge < -0.3 is 14.7 Å². The molecule has 0 aliphatic carbocycles. The Hall–Kier alpha value is -1.86. The normalized spacial score (nSPS) is 26.9. The summed E-state index contributed by atoms with van der Waals surface area (Å²) in [6, 6.07) is 5.92. The number of rotatable bonds is 2. The predicted molar refractivity (Wildman–Crippen MR) is 87.4 cm³/mol. The van der Waals surface area contributed by atoms with Crippen LogP contribution < -0.4 is 4.90 Å². The lowest BCUT2D eigenvalue weighted by molar-refractivity contribution is -0.136. The zero-order valence-electron chi connectivity index (χ0n) is 13.6. The van der Waals surface area contributed by atoms with Crippen LogP contribution in [-0.2, 0) is 10.9 Å². The van der Waals surface area contributed by atoms with Crippen LogP contribution >= 0.6 is 0 Å². The van der Waals surface area contributed by atoms with E-state index in [9.17, 15) is 18.3 Å². The van der Waals surface area contributed by atoms with E-state index in [-0.39, 0.29) is 23.5 Å². The van der Waals surface area contributed by atoms with Crippen molar-refractivity contribution in [2.75, 3.05) is 37.8 Å². The molecule has 0 spiro atoms. The van der Waals surface area contributed by atoms with Crippen LogP contribution in [0.5, 0.6) is 0 Å². The van der Waals surface area contributed by atoms with Crippen molar-refractivity contribution in [2.45, 2.75) is 12.6 Å². The van der Waals surface area contributed by atoms with Crippen LogP contribution in [0, 0.1) is 11.3 Å². The van der Waals surface area contributed by atoms with E-state index in [1.54, 1.807) is 12.1 Å². The van der Waals surface area contributed by atoms with Gasteiger partial charge in [0.25, 0.3) is 0 Å². The maximum absolute atomic E-state index is 13.3. The van der Waals surface area contributed by atoms with E-state index < -0.39 is 11.7 Å². The minimum atomic E-state index is -4.44. The highest BCUT2D eigenvalue weighted by molar-refractivity contribution is 5.94. The highest BCUT2D eigenvalue weighted by Gasteiger charge is 2.48. The molecule has 0 bridgehead atoms. The van der Waals surface area contributed by atoms with Crippen molar-refractivity contribution >= 4 is 16.6 Å². The van der Waals surface area contributed by atoms with Gasteiger partial charge in [0.1, 0.15) is 0 Å². The summed E-state index contributed by atoms with van der Waals surface area (Å²) in [4.78, 5) is 6.06. The first-order chi connectivity index (χ1) is 11.9. The van der Waals surface area contributed by atoms with Crippen molar-refractivity contribution in [1.82, 2.24) is 4.98 Å². The number of pyridine rings is 1. The first kappa shape index (κ1) is 16.6.